The third-order valence-electron chi connectivity index (χ3n) is 5.38. The summed E-state index contributed by atoms with van der Waals surface area (Å²) >= 11 is 3.17. The maximum Gasteiger partial charge on any atom is 0.525 e. The van der Waals surface area contributed by atoms with Crippen LogP contribution < -0.4 is 4.74 Å². The molecule has 1 aliphatic heterocycles. The topological polar surface area (TPSA) is 27.7 Å². The van der Waals surface area contributed by atoms with Gasteiger partial charge >= 0.3 is 7.12 Å². The second-order valence-electron chi connectivity index (χ2n) is 7.96. The molecule has 29 heavy (non-hydrogen) atoms. The number of hydrogen-bond acceptors (Lipinski definition) is 3. The first-order valence-electron chi connectivity index (χ1n) is 9.48. The molecule has 7 heteroatoms. The van der Waals surface area contributed by atoms with Crippen LogP contribution in [-0.2, 0) is 9.31 Å². The third kappa shape index (κ3) is 4.90. The fourth-order valence-electron chi connectivity index (χ4n) is 2.96. The molecule has 0 N–H and O–H groups in total. The van der Waals surface area contributed by atoms with Gasteiger partial charge in [0, 0.05) is 6.42 Å². The SMILES string of the molecule is CC1(C)OB(C(F)=C(CCOc2ccccc2)c2ccc(F)c(Br)c2)OC1(C)C. The Kier molecular flexibility index (Phi) is 6.51. The molecule has 0 amide bonds. The molecular weight excluding hydrogens is 441 g/mol. The van der Waals surface area contributed by atoms with Crippen molar-refractivity contribution in [3.8, 4) is 5.75 Å². The molecule has 0 aromatic heterocycles. The lowest BCUT2D eigenvalue weighted by Gasteiger charge is -2.32. The van der Waals surface area contributed by atoms with E-state index in [1.165, 1.54) is 6.07 Å². The Labute approximate surface area is 179 Å². The number of para-hydroxylation sites is 1. The summed E-state index contributed by atoms with van der Waals surface area (Å²) in [6.07, 6.45) is 0.267. The van der Waals surface area contributed by atoms with Gasteiger partial charge in [0.1, 0.15) is 17.3 Å². The average Bonchev–Trinajstić information content (AvgIpc) is 2.89. The van der Waals surface area contributed by atoms with Gasteiger partial charge in [-0.3, -0.25) is 0 Å². The summed E-state index contributed by atoms with van der Waals surface area (Å²) in [6, 6.07) is 13.7. The van der Waals surface area contributed by atoms with Crippen molar-refractivity contribution in [1.82, 2.24) is 0 Å². The number of rotatable bonds is 6. The fraction of sp³-hybridized carbons (Fsp3) is 0.364. The van der Waals surface area contributed by atoms with Crippen molar-refractivity contribution in [3.63, 3.8) is 0 Å². The highest BCUT2D eigenvalue weighted by molar-refractivity contribution is 9.10. The van der Waals surface area contributed by atoms with E-state index in [1.807, 2.05) is 58.0 Å². The molecule has 1 fully saturated rings. The van der Waals surface area contributed by atoms with Crippen LogP contribution in [0.25, 0.3) is 5.57 Å². The predicted molar refractivity (Wildman–Crippen MR) is 115 cm³/mol. The first-order chi connectivity index (χ1) is 13.6. The summed E-state index contributed by atoms with van der Waals surface area (Å²) in [4.78, 5) is 0. The molecule has 0 spiro atoms. The Morgan fingerprint density at radius 3 is 2.24 bits per heavy atom. The van der Waals surface area contributed by atoms with Crippen LogP contribution in [0.2, 0.25) is 0 Å². The van der Waals surface area contributed by atoms with E-state index in [0.717, 1.165) is 0 Å². The highest BCUT2D eigenvalue weighted by atomic mass is 79.9. The summed E-state index contributed by atoms with van der Waals surface area (Å²) in [5, 5.41) is 0. The number of halogens is 3. The minimum Gasteiger partial charge on any atom is -0.493 e. The minimum atomic E-state index is -1.13. The van der Waals surface area contributed by atoms with E-state index in [2.05, 4.69) is 15.9 Å². The summed E-state index contributed by atoms with van der Waals surface area (Å²) < 4.78 is 47.0. The van der Waals surface area contributed by atoms with Gasteiger partial charge in [-0.2, -0.15) is 0 Å². The van der Waals surface area contributed by atoms with Crippen LogP contribution in [0.15, 0.2) is 58.7 Å². The largest absolute Gasteiger partial charge is 0.525 e. The van der Waals surface area contributed by atoms with Gasteiger partial charge in [-0.25, -0.2) is 8.78 Å². The molecule has 3 rings (SSSR count). The van der Waals surface area contributed by atoms with Crippen molar-refractivity contribution in [2.45, 2.75) is 45.3 Å². The molecule has 0 bridgehead atoms. The van der Waals surface area contributed by atoms with Gasteiger partial charge < -0.3 is 14.0 Å². The van der Waals surface area contributed by atoms with Gasteiger partial charge in [-0.15, -0.1) is 0 Å². The first-order valence-corrected chi connectivity index (χ1v) is 10.3. The molecule has 3 nitrogen and oxygen atoms in total. The van der Waals surface area contributed by atoms with Crippen molar-refractivity contribution in [3.05, 3.63) is 70.1 Å². The van der Waals surface area contributed by atoms with Gasteiger partial charge in [-0.05, 0) is 79.0 Å². The maximum absolute atomic E-state index is 15.6. The van der Waals surface area contributed by atoms with Gasteiger partial charge in [0.2, 0.25) is 0 Å². The highest BCUT2D eigenvalue weighted by Crippen LogP contribution is 2.41. The fourth-order valence-corrected chi connectivity index (χ4v) is 3.34. The molecule has 0 atom stereocenters. The van der Waals surface area contributed by atoms with Crippen LogP contribution in [0.4, 0.5) is 8.78 Å². The van der Waals surface area contributed by atoms with E-state index >= 15 is 4.39 Å². The Hall–Kier alpha value is -1.70. The molecule has 154 valence electrons. The summed E-state index contributed by atoms with van der Waals surface area (Å²) in [5.74, 6) is 0.285. The standard InChI is InChI=1S/C22H24BBrF2O3/c1-21(2)22(3,4)29-23(28-21)20(26)17(15-10-11-19(25)18(24)14-15)12-13-27-16-8-6-5-7-9-16/h5-11,14H,12-13H2,1-4H3. The molecular formula is C22H24BBrF2O3. The van der Waals surface area contributed by atoms with E-state index in [9.17, 15) is 4.39 Å². The number of ether oxygens (including phenoxy) is 1. The van der Waals surface area contributed by atoms with Crippen LogP contribution in [-0.4, -0.2) is 24.9 Å². The quantitative estimate of drug-likeness (QED) is 0.465. The van der Waals surface area contributed by atoms with Crippen molar-refractivity contribution in [2.75, 3.05) is 6.61 Å². The minimum absolute atomic E-state index is 0.251. The highest BCUT2D eigenvalue weighted by Gasteiger charge is 2.53. The molecule has 0 radical (unpaired) electrons. The second kappa shape index (κ2) is 8.58. The van der Waals surface area contributed by atoms with E-state index in [0.29, 0.717) is 16.9 Å². The average molecular weight is 465 g/mol. The second-order valence-corrected chi connectivity index (χ2v) is 8.81. The lowest BCUT2D eigenvalue weighted by Crippen LogP contribution is -2.41. The van der Waals surface area contributed by atoms with Crippen molar-refractivity contribution >= 4 is 28.6 Å². The van der Waals surface area contributed by atoms with Crippen molar-refractivity contribution < 1.29 is 22.8 Å². The van der Waals surface area contributed by atoms with Gasteiger partial charge in [-0.1, -0.05) is 24.3 Å². The first kappa shape index (κ1) is 22.0. The maximum atomic E-state index is 15.6. The summed E-state index contributed by atoms with van der Waals surface area (Å²) in [6.45, 7) is 7.72. The van der Waals surface area contributed by atoms with E-state index in [1.54, 1.807) is 12.1 Å². The van der Waals surface area contributed by atoms with Crippen molar-refractivity contribution in [2.24, 2.45) is 0 Å². The smallest absolute Gasteiger partial charge is 0.493 e. The summed E-state index contributed by atoms with van der Waals surface area (Å²) in [7, 11) is -1.13. The Balaban J connectivity index is 1.89. The van der Waals surface area contributed by atoms with Gasteiger partial charge in [0.15, 0.2) is 0 Å². The lowest BCUT2D eigenvalue weighted by molar-refractivity contribution is 0.00578. The summed E-state index contributed by atoms with van der Waals surface area (Å²) in [5.41, 5.74) is -0.949. The number of benzene rings is 2. The zero-order valence-corrected chi connectivity index (χ0v) is 18.6. The molecule has 2 aromatic rings. The monoisotopic (exact) mass is 464 g/mol. The molecule has 1 heterocycles. The lowest BCUT2D eigenvalue weighted by atomic mass is 9.82. The van der Waals surface area contributed by atoms with E-state index in [-0.39, 0.29) is 17.5 Å². The van der Waals surface area contributed by atoms with Crippen LogP contribution in [0, 0.1) is 5.82 Å². The molecule has 0 unspecified atom stereocenters. The van der Waals surface area contributed by atoms with Crippen LogP contribution in [0.1, 0.15) is 39.7 Å². The molecule has 1 aliphatic rings. The Morgan fingerprint density at radius 1 is 1.03 bits per heavy atom. The third-order valence-corrected chi connectivity index (χ3v) is 5.99. The van der Waals surface area contributed by atoms with Crippen molar-refractivity contribution in [1.29, 1.82) is 0 Å². The van der Waals surface area contributed by atoms with Gasteiger partial charge in [0.25, 0.3) is 0 Å². The normalized spacial score (nSPS) is 18.5. The molecule has 1 saturated heterocycles. The molecule has 0 aliphatic carbocycles. The van der Waals surface area contributed by atoms with Gasteiger partial charge in [0.05, 0.1) is 22.3 Å². The van der Waals surface area contributed by atoms with Crippen LogP contribution >= 0.6 is 15.9 Å². The Bertz CT molecular complexity index is 884. The molecule has 2 aromatic carbocycles. The van der Waals surface area contributed by atoms with Crippen LogP contribution in [0.5, 0.6) is 5.75 Å². The van der Waals surface area contributed by atoms with Crippen LogP contribution in [0.3, 0.4) is 0 Å². The molecule has 0 saturated carbocycles. The zero-order valence-electron chi connectivity index (χ0n) is 17.0. The zero-order chi connectivity index (χ0) is 21.2. The Morgan fingerprint density at radius 2 is 1.66 bits per heavy atom. The predicted octanol–water partition coefficient (Wildman–Crippen LogP) is 6.37. The van der Waals surface area contributed by atoms with E-state index in [4.69, 9.17) is 14.0 Å². The van der Waals surface area contributed by atoms with E-state index < -0.39 is 29.9 Å². The number of hydrogen-bond donors (Lipinski definition) is 0.